The summed E-state index contributed by atoms with van der Waals surface area (Å²) in [5.74, 6) is -0.00820. The van der Waals surface area contributed by atoms with E-state index < -0.39 is 10.0 Å². The number of sulfonamides is 1. The Morgan fingerprint density at radius 2 is 1.92 bits per heavy atom. The van der Waals surface area contributed by atoms with Gasteiger partial charge in [0.2, 0.25) is 10.0 Å². The summed E-state index contributed by atoms with van der Waals surface area (Å²) >= 11 is 0. The molecule has 0 atom stereocenters. The van der Waals surface area contributed by atoms with Crippen molar-refractivity contribution in [2.45, 2.75) is 30.7 Å². The van der Waals surface area contributed by atoms with Crippen LogP contribution in [0.25, 0.3) is 0 Å². The van der Waals surface area contributed by atoms with E-state index in [-0.39, 0.29) is 16.8 Å². The Hall–Kier alpha value is -2.19. The molecule has 0 saturated carbocycles. The Balaban J connectivity index is 1.58. The average Bonchev–Trinajstić information content (AvgIpc) is 3.11. The van der Waals surface area contributed by atoms with Gasteiger partial charge in [-0.25, -0.2) is 13.1 Å². The Bertz CT molecular complexity index is 792. The monoisotopic (exact) mass is 348 g/mol. The Morgan fingerprint density at radius 3 is 2.50 bits per heavy atom. The van der Waals surface area contributed by atoms with Gasteiger partial charge in [0.15, 0.2) is 0 Å². The number of hydrogen-bond acceptors (Lipinski definition) is 4. The molecule has 0 radical (unpaired) electrons. The number of carbonyl (C=O) groups is 1. The molecule has 3 rings (SSSR count). The lowest BCUT2D eigenvalue weighted by Gasteiger charge is -2.32. The van der Waals surface area contributed by atoms with E-state index in [0.717, 1.165) is 5.56 Å². The number of aromatic nitrogens is 2. The molecule has 128 valence electrons. The fraction of sp³-hybridized carbons (Fsp3) is 0.375. The molecule has 0 bridgehead atoms. The molecular formula is C16H20N4O3S. The molecule has 24 heavy (non-hydrogen) atoms. The maximum Gasteiger partial charge on any atom is 0.253 e. The van der Waals surface area contributed by atoms with Gasteiger partial charge < -0.3 is 4.90 Å². The first-order valence-electron chi connectivity index (χ1n) is 7.83. The molecule has 2 heterocycles. The fourth-order valence-corrected chi connectivity index (χ4v) is 3.96. The van der Waals surface area contributed by atoms with Gasteiger partial charge >= 0.3 is 0 Å². The van der Waals surface area contributed by atoms with Crippen LogP contribution in [0.3, 0.4) is 0 Å². The maximum atomic E-state index is 12.5. The van der Waals surface area contributed by atoms with Gasteiger partial charge in [0.1, 0.15) is 4.90 Å². The van der Waals surface area contributed by atoms with Crippen LogP contribution in [0.4, 0.5) is 0 Å². The van der Waals surface area contributed by atoms with Crippen LogP contribution in [-0.2, 0) is 10.0 Å². The van der Waals surface area contributed by atoms with E-state index in [1.807, 2.05) is 31.2 Å². The topological polar surface area (TPSA) is 95.2 Å². The van der Waals surface area contributed by atoms with Gasteiger partial charge in [0.25, 0.3) is 5.91 Å². The minimum Gasteiger partial charge on any atom is -0.339 e. The number of likely N-dealkylation sites (tertiary alicyclic amines) is 1. The average molecular weight is 348 g/mol. The zero-order chi connectivity index (χ0) is 17.2. The zero-order valence-electron chi connectivity index (χ0n) is 13.4. The number of H-pyrrole nitrogens is 1. The lowest BCUT2D eigenvalue weighted by atomic mass is 10.0. The van der Waals surface area contributed by atoms with Crippen molar-refractivity contribution in [2.75, 3.05) is 13.1 Å². The maximum absolute atomic E-state index is 12.5. The Morgan fingerprint density at radius 1 is 1.25 bits per heavy atom. The van der Waals surface area contributed by atoms with Crippen LogP contribution in [0.15, 0.2) is 41.6 Å². The summed E-state index contributed by atoms with van der Waals surface area (Å²) in [6, 6.07) is 7.31. The largest absolute Gasteiger partial charge is 0.339 e. The van der Waals surface area contributed by atoms with Crippen molar-refractivity contribution in [3.63, 3.8) is 0 Å². The van der Waals surface area contributed by atoms with Crippen LogP contribution in [0.5, 0.6) is 0 Å². The van der Waals surface area contributed by atoms with Gasteiger partial charge in [0.05, 0.1) is 6.20 Å². The smallest absolute Gasteiger partial charge is 0.253 e. The summed E-state index contributed by atoms with van der Waals surface area (Å²) in [7, 11) is -3.56. The fourth-order valence-electron chi connectivity index (χ4n) is 2.75. The van der Waals surface area contributed by atoms with Crippen LogP contribution in [0.2, 0.25) is 0 Å². The normalized spacial score (nSPS) is 16.3. The van der Waals surface area contributed by atoms with E-state index in [1.54, 1.807) is 4.90 Å². The first-order valence-corrected chi connectivity index (χ1v) is 9.31. The second-order valence-electron chi connectivity index (χ2n) is 5.99. The molecule has 0 aliphatic carbocycles. The van der Waals surface area contributed by atoms with E-state index in [4.69, 9.17) is 0 Å². The molecule has 1 aliphatic rings. The van der Waals surface area contributed by atoms with Crippen LogP contribution in [-0.4, -0.2) is 48.6 Å². The van der Waals surface area contributed by atoms with Gasteiger partial charge in [0, 0.05) is 30.9 Å². The molecule has 1 aromatic carbocycles. The van der Waals surface area contributed by atoms with Gasteiger partial charge in [-0.2, -0.15) is 5.10 Å². The van der Waals surface area contributed by atoms with Crippen molar-refractivity contribution >= 4 is 15.9 Å². The predicted molar refractivity (Wildman–Crippen MR) is 89.0 cm³/mol. The van der Waals surface area contributed by atoms with E-state index >= 15 is 0 Å². The predicted octanol–water partition coefficient (Wildman–Crippen LogP) is 1.30. The quantitative estimate of drug-likeness (QED) is 0.871. The van der Waals surface area contributed by atoms with Crippen molar-refractivity contribution in [1.29, 1.82) is 0 Å². The van der Waals surface area contributed by atoms with Gasteiger partial charge in [-0.1, -0.05) is 17.7 Å². The lowest BCUT2D eigenvalue weighted by Crippen LogP contribution is -2.46. The number of hydrogen-bond donors (Lipinski definition) is 2. The molecule has 2 aromatic rings. The minimum atomic E-state index is -3.56. The highest BCUT2D eigenvalue weighted by Gasteiger charge is 2.27. The number of benzene rings is 1. The third-order valence-electron chi connectivity index (χ3n) is 4.19. The Kier molecular flexibility index (Phi) is 4.68. The summed E-state index contributed by atoms with van der Waals surface area (Å²) in [4.78, 5) is 14.4. The number of aromatic amines is 1. The summed E-state index contributed by atoms with van der Waals surface area (Å²) in [6.07, 6.45) is 3.81. The SMILES string of the molecule is Cc1ccc(C(=O)N2CCC(NS(=O)(=O)c3cn[nH]c3)CC2)cc1. The number of aryl methyl sites for hydroxylation is 1. The molecule has 0 unspecified atom stereocenters. The summed E-state index contributed by atoms with van der Waals surface area (Å²) in [6.45, 7) is 3.04. The number of amides is 1. The first-order chi connectivity index (χ1) is 11.5. The van der Waals surface area contributed by atoms with Crippen LogP contribution < -0.4 is 4.72 Å². The molecule has 1 aromatic heterocycles. The van der Waals surface area contributed by atoms with Crippen LogP contribution in [0.1, 0.15) is 28.8 Å². The number of nitrogens with zero attached hydrogens (tertiary/aromatic N) is 2. The molecule has 1 saturated heterocycles. The molecular weight excluding hydrogens is 328 g/mol. The van der Waals surface area contributed by atoms with E-state index in [9.17, 15) is 13.2 Å². The highest BCUT2D eigenvalue weighted by molar-refractivity contribution is 7.89. The summed E-state index contributed by atoms with van der Waals surface area (Å²) in [5, 5.41) is 6.15. The molecule has 1 amide bonds. The Labute approximate surface area is 141 Å². The van der Waals surface area contributed by atoms with E-state index in [2.05, 4.69) is 14.9 Å². The third-order valence-corrected chi connectivity index (χ3v) is 5.67. The van der Waals surface area contributed by atoms with E-state index in [0.29, 0.717) is 31.5 Å². The molecule has 0 spiro atoms. The molecule has 1 aliphatic heterocycles. The highest BCUT2D eigenvalue weighted by atomic mass is 32.2. The number of nitrogens with one attached hydrogen (secondary N) is 2. The van der Waals surface area contributed by atoms with Crippen molar-refractivity contribution in [3.05, 3.63) is 47.8 Å². The molecule has 2 N–H and O–H groups in total. The van der Waals surface area contributed by atoms with Gasteiger partial charge in [-0.3, -0.25) is 9.89 Å². The van der Waals surface area contributed by atoms with Crippen LogP contribution in [0, 0.1) is 6.92 Å². The second kappa shape index (κ2) is 6.74. The summed E-state index contributed by atoms with van der Waals surface area (Å²) in [5.41, 5.74) is 1.77. The first kappa shape index (κ1) is 16.7. The van der Waals surface area contributed by atoms with Crippen LogP contribution >= 0.6 is 0 Å². The number of rotatable bonds is 4. The third kappa shape index (κ3) is 3.65. The standard InChI is InChI=1S/C16H20N4O3S/c1-12-2-4-13(5-3-12)16(21)20-8-6-14(7-9-20)19-24(22,23)15-10-17-18-11-15/h2-5,10-11,14,19H,6-9H2,1H3,(H,17,18). The van der Waals surface area contributed by atoms with E-state index in [1.165, 1.54) is 12.4 Å². The van der Waals surface area contributed by atoms with Crippen molar-refractivity contribution in [2.24, 2.45) is 0 Å². The van der Waals surface area contributed by atoms with Crippen molar-refractivity contribution < 1.29 is 13.2 Å². The number of carbonyl (C=O) groups excluding carboxylic acids is 1. The molecule has 1 fully saturated rings. The van der Waals surface area contributed by atoms with Gasteiger partial charge in [-0.15, -0.1) is 0 Å². The molecule has 8 heteroatoms. The summed E-state index contributed by atoms with van der Waals surface area (Å²) < 4.78 is 27.0. The highest BCUT2D eigenvalue weighted by Crippen LogP contribution is 2.16. The lowest BCUT2D eigenvalue weighted by molar-refractivity contribution is 0.0711. The minimum absolute atomic E-state index is 0.00820. The second-order valence-corrected chi connectivity index (χ2v) is 7.70. The van der Waals surface area contributed by atoms with Crippen molar-refractivity contribution in [1.82, 2.24) is 19.8 Å². The van der Waals surface area contributed by atoms with Gasteiger partial charge in [-0.05, 0) is 31.9 Å². The molecule has 7 nitrogen and oxygen atoms in total. The number of piperidine rings is 1. The zero-order valence-corrected chi connectivity index (χ0v) is 14.2. The van der Waals surface area contributed by atoms with Crippen molar-refractivity contribution in [3.8, 4) is 0 Å².